The van der Waals surface area contributed by atoms with E-state index in [4.69, 9.17) is 16.3 Å². The normalized spacial score (nSPS) is 16.5. The van der Waals surface area contributed by atoms with Gasteiger partial charge in [-0.1, -0.05) is 29.8 Å². The summed E-state index contributed by atoms with van der Waals surface area (Å²) in [5.41, 5.74) is 0.332. The number of rotatable bonds is 6. The molecule has 10 heteroatoms. The number of Topliss-reactive ketones (excluding diaryl/α,β-unsaturated/α-hetero) is 1. The fourth-order valence-corrected chi connectivity index (χ4v) is 4.93. The molecule has 3 aromatic carbocycles. The summed E-state index contributed by atoms with van der Waals surface area (Å²) in [6, 6.07) is 16.5. The van der Waals surface area contributed by atoms with E-state index in [0.29, 0.717) is 51.2 Å². The van der Waals surface area contributed by atoms with Gasteiger partial charge < -0.3 is 14.2 Å². The largest absolute Gasteiger partial charge is 0.586 e. The van der Waals surface area contributed by atoms with Crippen molar-refractivity contribution < 1.29 is 27.8 Å². The van der Waals surface area contributed by atoms with Crippen molar-refractivity contribution in [2.75, 3.05) is 7.11 Å². The average molecular weight is 525 g/mol. The number of ether oxygens (including phenoxy) is 3. The molecule has 2 aliphatic rings. The Labute approximate surface area is 214 Å². The number of halogens is 3. The second kappa shape index (κ2) is 8.27. The molecule has 0 spiro atoms. The van der Waals surface area contributed by atoms with Crippen LogP contribution in [0, 0.1) is 0 Å². The average Bonchev–Trinajstić information content (AvgIpc) is 3.62. The van der Waals surface area contributed by atoms with Gasteiger partial charge in [-0.05, 0) is 60.9 Å². The van der Waals surface area contributed by atoms with E-state index in [2.05, 4.69) is 14.6 Å². The fraction of sp³-hybridized carbons (Fsp3) is 0.222. The lowest BCUT2D eigenvalue weighted by atomic mass is 9.91. The molecular weight excluding hydrogens is 506 g/mol. The molecule has 1 aromatic heterocycles. The van der Waals surface area contributed by atoms with E-state index < -0.39 is 17.3 Å². The number of hydrogen-bond donors (Lipinski definition) is 0. The molecule has 0 N–H and O–H groups in total. The number of aromatic nitrogens is 2. The lowest BCUT2D eigenvalue weighted by Crippen LogP contribution is -2.32. The quantitative estimate of drug-likeness (QED) is 0.338. The minimum Gasteiger partial charge on any atom is -0.497 e. The Morgan fingerprint density at radius 1 is 1.05 bits per heavy atom. The Balaban J connectivity index is 1.41. The molecular formula is C27H19ClF2N2O5. The molecule has 1 aliphatic heterocycles. The molecule has 1 aliphatic carbocycles. The third-order valence-corrected chi connectivity index (χ3v) is 7.03. The summed E-state index contributed by atoms with van der Waals surface area (Å²) in [4.78, 5) is 27.0. The molecule has 37 heavy (non-hydrogen) atoms. The van der Waals surface area contributed by atoms with E-state index >= 15 is 0 Å². The molecule has 0 unspecified atom stereocenters. The van der Waals surface area contributed by atoms with E-state index in [1.54, 1.807) is 42.5 Å². The Morgan fingerprint density at radius 3 is 2.57 bits per heavy atom. The summed E-state index contributed by atoms with van der Waals surface area (Å²) in [7, 11) is 1.50. The van der Waals surface area contributed by atoms with Gasteiger partial charge in [-0.2, -0.15) is 5.10 Å². The molecule has 1 saturated carbocycles. The van der Waals surface area contributed by atoms with Gasteiger partial charge in [0.05, 0.1) is 23.6 Å². The van der Waals surface area contributed by atoms with Gasteiger partial charge in [0.25, 0.3) is 5.56 Å². The molecule has 188 valence electrons. The molecule has 4 aromatic rings. The van der Waals surface area contributed by atoms with Crippen LogP contribution in [0.2, 0.25) is 5.02 Å². The minimum absolute atomic E-state index is 0.0930. The zero-order chi connectivity index (χ0) is 25.9. The molecule has 0 atom stereocenters. The van der Waals surface area contributed by atoms with Gasteiger partial charge >= 0.3 is 6.29 Å². The second-order valence-electron chi connectivity index (χ2n) is 9.07. The molecule has 2 heterocycles. The van der Waals surface area contributed by atoms with Gasteiger partial charge in [0.2, 0.25) is 0 Å². The predicted octanol–water partition coefficient (Wildman–Crippen LogP) is 5.35. The van der Waals surface area contributed by atoms with E-state index in [-0.39, 0.29) is 23.8 Å². The highest BCUT2D eigenvalue weighted by Gasteiger charge is 2.52. The molecule has 6 rings (SSSR count). The van der Waals surface area contributed by atoms with Crippen molar-refractivity contribution in [3.8, 4) is 28.5 Å². The van der Waals surface area contributed by atoms with Crippen LogP contribution in [0.25, 0.3) is 22.0 Å². The summed E-state index contributed by atoms with van der Waals surface area (Å²) < 4.78 is 42.4. The summed E-state index contributed by atoms with van der Waals surface area (Å²) in [5.74, 6) is 0.0102. The monoisotopic (exact) mass is 524 g/mol. The first-order valence-corrected chi connectivity index (χ1v) is 11.9. The van der Waals surface area contributed by atoms with Gasteiger partial charge in [-0.15, -0.1) is 8.78 Å². The smallest absolute Gasteiger partial charge is 0.497 e. The first-order valence-electron chi connectivity index (χ1n) is 11.5. The third kappa shape index (κ3) is 3.99. The zero-order valence-electron chi connectivity index (χ0n) is 19.5. The minimum atomic E-state index is -3.75. The number of benzene rings is 3. The number of ketones is 1. The molecule has 0 saturated heterocycles. The SMILES string of the molecule is COc1ccc2c(-c3cccc(Cl)c3)nn(CC(=O)C3(c4ccc5c(c4)OC(F)(F)O5)CC3)c(=O)c2c1. The van der Waals surface area contributed by atoms with Crippen molar-refractivity contribution in [3.05, 3.63) is 81.6 Å². The first-order chi connectivity index (χ1) is 17.7. The second-order valence-corrected chi connectivity index (χ2v) is 9.50. The molecule has 1 fully saturated rings. The lowest BCUT2D eigenvalue weighted by Gasteiger charge is -2.17. The molecule has 7 nitrogen and oxygen atoms in total. The van der Waals surface area contributed by atoms with Crippen LogP contribution in [0.1, 0.15) is 18.4 Å². The standard InChI is InChI=1S/C27H19ClF2N2O5/c1-35-18-6-7-19-20(13-18)25(34)32(31-24(19)15-3-2-4-17(28)11-15)14-23(33)26(9-10-26)16-5-8-21-22(12-16)37-27(29,30)36-21/h2-8,11-13H,9-10,14H2,1H3. The number of hydrogen-bond acceptors (Lipinski definition) is 6. The number of nitrogens with zero attached hydrogens (tertiary/aromatic N) is 2. The van der Waals surface area contributed by atoms with Gasteiger partial charge in [0, 0.05) is 16.0 Å². The maximum atomic E-state index is 13.6. The highest BCUT2D eigenvalue weighted by Crippen LogP contribution is 2.52. The molecule has 0 amide bonds. The Morgan fingerprint density at radius 2 is 1.84 bits per heavy atom. The lowest BCUT2D eigenvalue weighted by molar-refractivity contribution is -0.286. The van der Waals surface area contributed by atoms with Crippen LogP contribution in [-0.2, 0) is 16.8 Å². The molecule has 0 bridgehead atoms. The van der Waals surface area contributed by atoms with Crippen LogP contribution in [0.15, 0.2) is 65.5 Å². The number of carbonyl (C=O) groups is 1. The molecule has 0 radical (unpaired) electrons. The number of carbonyl (C=O) groups excluding carboxylic acids is 1. The maximum absolute atomic E-state index is 13.6. The van der Waals surface area contributed by atoms with E-state index in [9.17, 15) is 18.4 Å². The highest BCUT2D eigenvalue weighted by atomic mass is 35.5. The van der Waals surface area contributed by atoms with Crippen molar-refractivity contribution >= 4 is 28.2 Å². The van der Waals surface area contributed by atoms with Gasteiger partial charge in [0.1, 0.15) is 12.3 Å². The van der Waals surface area contributed by atoms with Crippen molar-refractivity contribution in [3.63, 3.8) is 0 Å². The van der Waals surface area contributed by atoms with Crippen molar-refractivity contribution in [1.82, 2.24) is 9.78 Å². The summed E-state index contributed by atoms with van der Waals surface area (Å²) in [6.45, 7) is -0.301. The number of fused-ring (bicyclic) bond motifs is 2. The first kappa shape index (κ1) is 23.4. The van der Waals surface area contributed by atoms with Crippen LogP contribution >= 0.6 is 11.6 Å². The van der Waals surface area contributed by atoms with Crippen LogP contribution in [0.3, 0.4) is 0 Å². The summed E-state index contributed by atoms with van der Waals surface area (Å²) in [5, 5.41) is 5.99. The summed E-state index contributed by atoms with van der Waals surface area (Å²) in [6.07, 6.45) is -2.72. The summed E-state index contributed by atoms with van der Waals surface area (Å²) >= 11 is 6.21. The highest BCUT2D eigenvalue weighted by molar-refractivity contribution is 6.30. The zero-order valence-corrected chi connectivity index (χ0v) is 20.2. The number of alkyl halides is 2. The topological polar surface area (TPSA) is 79.7 Å². The van der Waals surface area contributed by atoms with E-state index in [1.165, 1.54) is 19.2 Å². The van der Waals surface area contributed by atoms with Crippen molar-refractivity contribution in [2.24, 2.45) is 0 Å². The van der Waals surface area contributed by atoms with Gasteiger partial charge in [-0.3, -0.25) is 9.59 Å². The number of methoxy groups -OCH3 is 1. The third-order valence-electron chi connectivity index (χ3n) is 6.80. The van der Waals surface area contributed by atoms with Gasteiger partial charge in [0.15, 0.2) is 17.3 Å². The maximum Gasteiger partial charge on any atom is 0.586 e. The Hall–Kier alpha value is -3.98. The predicted molar refractivity (Wildman–Crippen MR) is 132 cm³/mol. The Kier molecular flexibility index (Phi) is 5.24. The van der Waals surface area contributed by atoms with Crippen molar-refractivity contribution in [2.45, 2.75) is 31.1 Å². The van der Waals surface area contributed by atoms with Crippen LogP contribution < -0.4 is 19.8 Å². The van der Waals surface area contributed by atoms with E-state index in [0.717, 1.165) is 4.68 Å². The van der Waals surface area contributed by atoms with Crippen LogP contribution in [0.4, 0.5) is 8.78 Å². The fourth-order valence-electron chi connectivity index (χ4n) is 4.74. The van der Waals surface area contributed by atoms with Crippen molar-refractivity contribution in [1.29, 1.82) is 0 Å². The Bertz CT molecular complexity index is 1650. The van der Waals surface area contributed by atoms with Gasteiger partial charge in [-0.25, -0.2) is 4.68 Å². The van der Waals surface area contributed by atoms with Crippen LogP contribution in [0.5, 0.6) is 17.2 Å². The van der Waals surface area contributed by atoms with Crippen LogP contribution in [-0.4, -0.2) is 29.0 Å². The van der Waals surface area contributed by atoms with E-state index in [1.807, 2.05) is 6.07 Å².